The molecule has 170 valence electrons. The summed E-state index contributed by atoms with van der Waals surface area (Å²) in [7, 11) is 1.65. The summed E-state index contributed by atoms with van der Waals surface area (Å²) in [4.78, 5) is 18.3. The highest BCUT2D eigenvalue weighted by Gasteiger charge is 2.42. The third kappa shape index (κ3) is 3.29. The van der Waals surface area contributed by atoms with Crippen LogP contribution in [0.25, 0.3) is 22.2 Å². The van der Waals surface area contributed by atoms with E-state index in [9.17, 15) is 4.79 Å². The van der Waals surface area contributed by atoms with E-state index in [1.165, 1.54) is 0 Å². The van der Waals surface area contributed by atoms with Crippen LogP contribution >= 0.6 is 0 Å². The van der Waals surface area contributed by atoms with Gasteiger partial charge in [0, 0.05) is 23.3 Å². The summed E-state index contributed by atoms with van der Waals surface area (Å²) in [6.45, 7) is 4.28. The number of ketones is 1. The van der Waals surface area contributed by atoms with E-state index in [1.54, 1.807) is 7.11 Å². The molecule has 0 amide bonds. The Morgan fingerprint density at radius 2 is 1.76 bits per heavy atom. The minimum atomic E-state index is -0.336. The quantitative estimate of drug-likeness (QED) is 0.429. The van der Waals surface area contributed by atoms with E-state index < -0.39 is 0 Å². The minimum Gasteiger partial charge on any atom is -0.497 e. The molecule has 1 aliphatic carbocycles. The molecule has 1 unspecified atom stereocenters. The third-order valence-electron chi connectivity index (χ3n) is 6.79. The predicted octanol–water partition coefficient (Wildman–Crippen LogP) is 5.77. The van der Waals surface area contributed by atoms with E-state index in [0.717, 1.165) is 45.3 Å². The molecular formula is C28H26N4O2. The number of aromatic nitrogens is 3. The predicted molar refractivity (Wildman–Crippen MR) is 133 cm³/mol. The molecule has 0 saturated carbocycles. The number of rotatable bonds is 3. The first-order valence-electron chi connectivity index (χ1n) is 11.6. The average Bonchev–Trinajstić information content (AvgIpc) is 3.25. The van der Waals surface area contributed by atoms with E-state index in [0.29, 0.717) is 18.2 Å². The number of nitrogens with one attached hydrogen (secondary N) is 1. The van der Waals surface area contributed by atoms with E-state index in [2.05, 4.69) is 37.4 Å². The Labute approximate surface area is 198 Å². The van der Waals surface area contributed by atoms with Gasteiger partial charge in [-0.05, 0) is 40.3 Å². The van der Waals surface area contributed by atoms with Crippen molar-refractivity contribution in [3.8, 4) is 17.1 Å². The van der Waals surface area contributed by atoms with Crippen LogP contribution < -0.4 is 10.1 Å². The summed E-state index contributed by atoms with van der Waals surface area (Å²) in [5.41, 5.74) is 3.59. The number of hydrogen-bond donors (Lipinski definition) is 1. The Kier molecular flexibility index (Phi) is 4.59. The average molecular weight is 451 g/mol. The fraction of sp³-hybridized carbons (Fsp3) is 0.250. The van der Waals surface area contributed by atoms with Gasteiger partial charge in [-0.25, -0.2) is 4.68 Å². The van der Waals surface area contributed by atoms with Crippen molar-refractivity contribution < 1.29 is 9.53 Å². The molecule has 6 nitrogen and oxygen atoms in total. The molecule has 3 aromatic carbocycles. The van der Waals surface area contributed by atoms with Crippen molar-refractivity contribution in [3.05, 3.63) is 83.6 Å². The lowest BCUT2D eigenvalue weighted by Crippen LogP contribution is -2.36. The van der Waals surface area contributed by atoms with Crippen LogP contribution in [0, 0.1) is 5.41 Å². The second-order valence-corrected chi connectivity index (χ2v) is 9.86. The Bertz CT molecular complexity index is 1460. The van der Waals surface area contributed by atoms with Gasteiger partial charge in [0.1, 0.15) is 11.8 Å². The molecule has 0 bridgehead atoms. The van der Waals surface area contributed by atoms with Crippen molar-refractivity contribution in [1.82, 2.24) is 14.8 Å². The van der Waals surface area contributed by atoms with Crippen LogP contribution in [-0.4, -0.2) is 27.7 Å². The number of carbonyl (C=O) groups excluding carboxylic acids is 1. The van der Waals surface area contributed by atoms with Crippen molar-refractivity contribution in [2.45, 2.75) is 32.7 Å². The summed E-state index contributed by atoms with van der Waals surface area (Å²) in [6.07, 6.45) is 1.30. The molecule has 1 atom stereocenters. The van der Waals surface area contributed by atoms with E-state index in [1.807, 2.05) is 53.2 Å². The van der Waals surface area contributed by atoms with Crippen LogP contribution in [0.2, 0.25) is 0 Å². The number of fused-ring (bicyclic) bond motifs is 2. The number of nitrogens with zero attached hydrogens (tertiary/aromatic N) is 3. The molecule has 1 aliphatic heterocycles. The van der Waals surface area contributed by atoms with Crippen LogP contribution in [-0.2, 0) is 4.79 Å². The molecule has 2 heterocycles. The van der Waals surface area contributed by atoms with E-state index >= 15 is 0 Å². The fourth-order valence-electron chi connectivity index (χ4n) is 5.24. The van der Waals surface area contributed by atoms with Crippen LogP contribution in [0.15, 0.2) is 78.0 Å². The smallest absolute Gasteiger partial charge is 0.226 e. The molecule has 4 aromatic rings. The van der Waals surface area contributed by atoms with Crippen molar-refractivity contribution in [1.29, 1.82) is 0 Å². The number of carbonyl (C=O) groups is 1. The normalized spacial score (nSPS) is 18.9. The van der Waals surface area contributed by atoms with E-state index in [4.69, 9.17) is 14.8 Å². The first-order chi connectivity index (χ1) is 16.4. The lowest BCUT2D eigenvalue weighted by Gasteiger charge is -2.38. The van der Waals surface area contributed by atoms with Gasteiger partial charge in [0.25, 0.3) is 0 Å². The number of allylic oxidation sites excluding steroid dienone is 2. The molecule has 6 heteroatoms. The van der Waals surface area contributed by atoms with Gasteiger partial charge in [0.15, 0.2) is 11.6 Å². The van der Waals surface area contributed by atoms with Gasteiger partial charge < -0.3 is 10.1 Å². The third-order valence-corrected chi connectivity index (χ3v) is 6.79. The summed E-state index contributed by atoms with van der Waals surface area (Å²) >= 11 is 0. The molecule has 6 rings (SSSR count). The number of benzene rings is 3. The molecule has 34 heavy (non-hydrogen) atoms. The Hall–Kier alpha value is -3.93. The fourth-order valence-corrected chi connectivity index (χ4v) is 5.24. The van der Waals surface area contributed by atoms with Crippen LogP contribution in [0.3, 0.4) is 0 Å². The Morgan fingerprint density at radius 1 is 1.00 bits per heavy atom. The van der Waals surface area contributed by atoms with Crippen LogP contribution in [0.1, 0.15) is 38.3 Å². The Morgan fingerprint density at radius 3 is 2.56 bits per heavy atom. The highest BCUT2D eigenvalue weighted by molar-refractivity contribution is 6.00. The lowest BCUT2D eigenvalue weighted by atomic mass is 9.73. The SMILES string of the molecule is COc1ccc(C2C3=C(CC(C)(C)CC3=O)Nc3nc(-c4cccc5ccccc45)nn32)cc1. The van der Waals surface area contributed by atoms with Gasteiger partial charge in [0.2, 0.25) is 5.95 Å². The molecule has 0 saturated heterocycles. The minimum absolute atomic E-state index is 0.103. The zero-order chi connectivity index (χ0) is 23.4. The van der Waals surface area contributed by atoms with Crippen molar-refractivity contribution in [3.63, 3.8) is 0 Å². The lowest BCUT2D eigenvalue weighted by molar-refractivity contribution is -0.118. The maximum atomic E-state index is 13.4. The standard InChI is InChI=1S/C28H26N4O2/c1-28(2)15-22-24(23(33)16-28)25(18-11-13-19(34-3)14-12-18)32-27(29-22)30-26(31-32)21-10-6-8-17-7-4-5-9-20(17)21/h4-14,25H,15-16H2,1-3H3,(H,29,30,31). The summed E-state index contributed by atoms with van der Waals surface area (Å²) < 4.78 is 7.23. The van der Waals surface area contributed by atoms with Crippen molar-refractivity contribution in [2.75, 3.05) is 12.4 Å². The van der Waals surface area contributed by atoms with E-state index in [-0.39, 0.29) is 17.2 Å². The highest BCUT2D eigenvalue weighted by atomic mass is 16.5. The van der Waals surface area contributed by atoms with Gasteiger partial charge in [0.05, 0.1) is 7.11 Å². The summed E-state index contributed by atoms with van der Waals surface area (Å²) in [5.74, 6) is 2.24. The molecule has 1 N–H and O–H groups in total. The van der Waals surface area contributed by atoms with Crippen molar-refractivity contribution in [2.24, 2.45) is 5.41 Å². The molecular weight excluding hydrogens is 424 g/mol. The molecule has 0 spiro atoms. The largest absolute Gasteiger partial charge is 0.497 e. The zero-order valence-corrected chi connectivity index (χ0v) is 19.5. The van der Waals surface area contributed by atoms with Crippen LogP contribution in [0.4, 0.5) is 5.95 Å². The first kappa shape index (κ1) is 20.7. The van der Waals surface area contributed by atoms with Gasteiger partial charge in [-0.1, -0.05) is 68.4 Å². The number of Topliss-reactive ketones (excluding diaryl/α,β-unsaturated/α-hetero) is 1. The molecule has 0 fully saturated rings. The second-order valence-electron chi connectivity index (χ2n) is 9.86. The number of methoxy groups -OCH3 is 1. The highest BCUT2D eigenvalue weighted by Crippen LogP contribution is 2.46. The monoisotopic (exact) mass is 450 g/mol. The first-order valence-corrected chi connectivity index (χ1v) is 11.6. The maximum absolute atomic E-state index is 13.4. The topological polar surface area (TPSA) is 69.0 Å². The van der Waals surface area contributed by atoms with Gasteiger partial charge in [-0.2, -0.15) is 4.98 Å². The Balaban J connectivity index is 1.54. The van der Waals surface area contributed by atoms with Gasteiger partial charge in [-0.3, -0.25) is 4.79 Å². The molecule has 1 aromatic heterocycles. The molecule has 2 aliphatic rings. The number of hydrogen-bond acceptors (Lipinski definition) is 5. The van der Waals surface area contributed by atoms with Gasteiger partial charge in [-0.15, -0.1) is 5.10 Å². The molecule has 0 radical (unpaired) electrons. The zero-order valence-electron chi connectivity index (χ0n) is 19.5. The van der Waals surface area contributed by atoms with Gasteiger partial charge >= 0.3 is 0 Å². The second kappa shape index (κ2) is 7.55. The number of ether oxygens (including phenoxy) is 1. The summed E-state index contributed by atoms with van der Waals surface area (Å²) in [5, 5.41) is 10.7. The summed E-state index contributed by atoms with van der Waals surface area (Å²) in [6, 6.07) is 22.0. The van der Waals surface area contributed by atoms with Crippen LogP contribution in [0.5, 0.6) is 5.75 Å². The number of anilines is 1. The van der Waals surface area contributed by atoms with Crippen molar-refractivity contribution >= 4 is 22.5 Å². The maximum Gasteiger partial charge on any atom is 0.226 e.